The Balaban J connectivity index is 1.39. The molecule has 2 amide bonds. The first-order valence-electron chi connectivity index (χ1n) is 10.2. The van der Waals surface area contributed by atoms with Gasteiger partial charge in [0.15, 0.2) is 6.10 Å². The molecule has 4 rings (SSSR count). The minimum atomic E-state index is -0.613. The number of carbonyl (C=O) groups is 2. The monoisotopic (exact) mass is 403 g/mol. The molecule has 1 aromatic heterocycles. The zero-order valence-corrected chi connectivity index (χ0v) is 17.2. The summed E-state index contributed by atoms with van der Waals surface area (Å²) in [5, 5.41) is 0.969. The van der Waals surface area contributed by atoms with Crippen LogP contribution in [0.15, 0.2) is 66.9 Å². The molecule has 6 heteroatoms. The van der Waals surface area contributed by atoms with Crippen LogP contribution >= 0.6 is 0 Å². The SMILES string of the molecule is CC(Oc1ccc2ncccc2c1)C(=O)N1CCN(C(=O)c2ccccc2)C[C@H]1C. The fraction of sp³-hybridized carbons (Fsp3) is 0.292. The van der Waals surface area contributed by atoms with Gasteiger partial charge in [-0.15, -0.1) is 0 Å². The maximum Gasteiger partial charge on any atom is 0.263 e. The number of nitrogens with zero attached hydrogens (tertiary/aromatic N) is 3. The molecule has 6 nitrogen and oxygen atoms in total. The summed E-state index contributed by atoms with van der Waals surface area (Å²) in [5.41, 5.74) is 1.56. The second-order valence-electron chi connectivity index (χ2n) is 7.62. The summed E-state index contributed by atoms with van der Waals surface area (Å²) in [6.45, 7) is 5.25. The van der Waals surface area contributed by atoms with E-state index in [2.05, 4.69) is 4.98 Å². The zero-order chi connectivity index (χ0) is 21.1. The van der Waals surface area contributed by atoms with E-state index < -0.39 is 6.10 Å². The van der Waals surface area contributed by atoms with Crippen LogP contribution in [0.5, 0.6) is 5.75 Å². The van der Waals surface area contributed by atoms with Gasteiger partial charge in [0.25, 0.3) is 11.8 Å². The lowest BCUT2D eigenvalue weighted by Gasteiger charge is -2.40. The molecule has 2 heterocycles. The Morgan fingerprint density at radius 2 is 1.87 bits per heavy atom. The van der Waals surface area contributed by atoms with E-state index in [0.29, 0.717) is 30.9 Å². The van der Waals surface area contributed by atoms with Gasteiger partial charge in [0.1, 0.15) is 5.75 Å². The number of pyridine rings is 1. The molecule has 3 aromatic rings. The topological polar surface area (TPSA) is 62.7 Å². The number of rotatable bonds is 4. The number of hydrogen-bond acceptors (Lipinski definition) is 4. The maximum absolute atomic E-state index is 13.0. The highest BCUT2D eigenvalue weighted by molar-refractivity contribution is 5.94. The van der Waals surface area contributed by atoms with E-state index >= 15 is 0 Å². The fourth-order valence-electron chi connectivity index (χ4n) is 3.85. The van der Waals surface area contributed by atoms with E-state index in [0.717, 1.165) is 10.9 Å². The van der Waals surface area contributed by atoms with Crippen molar-refractivity contribution in [2.24, 2.45) is 0 Å². The summed E-state index contributed by atoms with van der Waals surface area (Å²) in [7, 11) is 0. The zero-order valence-electron chi connectivity index (χ0n) is 17.2. The molecule has 154 valence electrons. The van der Waals surface area contributed by atoms with Crippen molar-refractivity contribution in [1.29, 1.82) is 0 Å². The van der Waals surface area contributed by atoms with Crippen LogP contribution < -0.4 is 4.74 Å². The quantitative estimate of drug-likeness (QED) is 0.670. The summed E-state index contributed by atoms with van der Waals surface area (Å²) in [4.78, 5) is 33.6. The highest BCUT2D eigenvalue weighted by Crippen LogP contribution is 2.21. The number of amides is 2. The van der Waals surface area contributed by atoms with E-state index in [1.165, 1.54) is 0 Å². The van der Waals surface area contributed by atoms with Crippen molar-refractivity contribution >= 4 is 22.7 Å². The third kappa shape index (κ3) is 4.13. The van der Waals surface area contributed by atoms with E-state index in [4.69, 9.17) is 4.74 Å². The third-order valence-electron chi connectivity index (χ3n) is 5.45. The lowest BCUT2D eigenvalue weighted by molar-refractivity contribution is -0.142. The molecule has 0 saturated carbocycles. The molecule has 0 radical (unpaired) electrons. The number of ether oxygens (including phenoxy) is 1. The normalized spacial score (nSPS) is 17.6. The number of fused-ring (bicyclic) bond motifs is 1. The molecule has 1 fully saturated rings. The smallest absolute Gasteiger partial charge is 0.263 e. The molecule has 0 aliphatic carbocycles. The highest BCUT2D eigenvalue weighted by atomic mass is 16.5. The summed E-state index contributed by atoms with van der Waals surface area (Å²) in [5.74, 6) is 0.575. The molecule has 1 unspecified atom stereocenters. The Labute approximate surface area is 176 Å². The first kappa shape index (κ1) is 19.9. The lowest BCUT2D eigenvalue weighted by Crippen LogP contribution is -2.57. The van der Waals surface area contributed by atoms with Crippen molar-refractivity contribution in [3.63, 3.8) is 0 Å². The molecule has 30 heavy (non-hydrogen) atoms. The molecule has 0 spiro atoms. The number of benzene rings is 2. The van der Waals surface area contributed by atoms with E-state index in [9.17, 15) is 9.59 Å². The molecule has 1 saturated heterocycles. The van der Waals surface area contributed by atoms with Gasteiger partial charge in [-0.05, 0) is 50.2 Å². The molecular weight excluding hydrogens is 378 g/mol. The van der Waals surface area contributed by atoms with Gasteiger partial charge in [-0.25, -0.2) is 0 Å². The number of piperazine rings is 1. The molecule has 0 N–H and O–H groups in total. The number of hydrogen-bond donors (Lipinski definition) is 0. The van der Waals surface area contributed by atoms with Gasteiger partial charge in [0, 0.05) is 42.8 Å². The first-order valence-corrected chi connectivity index (χ1v) is 10.2. The minimum Gasteiger partial charge on any atom is -0.481 e. The summed E-state index contributed by atoms with van der Waals surface area (Å²) >= 11 is 0. The van der Waals surface area contributed by atoms with Gasteiger partial charge in [-0.2, -0.15) is 0 Å². The lowest BCUT2D eigenvalue weighted by atomic mass is 10.1. The third-order valence-corrected chi connectivity index (χ3v) is 5.45. The summed E-state index contributed by atoms with van der Waals surface area (Å²) < 4.78 is 5.93. The first-order chi connectivity index (χ1) is 14.5. The van der Waals surface area contributed by atoms with Gasteiger partial charge in [0.05, 0.1) is 5.52 Å². The van der Waals surface area contributed by atoms with Crippen molar-refractivity contribution in [3.05, 3.63) is 72.4 Å². The van der Waals surface area contributed by atoms with Gasteiger partial charge in [-0.1, -0.05) is 24.3 Å². The second kappa shape index (κ2) is 8.53. The Kier molecular flexibility index (Phi) is 5.65. The fourth-order valence-corrected chi connectivity index (χ4v) is 3.85. The molecular formula is C24H25N3O3. The van der Waals surface area contributed by atoms with E-state index in [1.807, 2.05) is 77.4 Å². The number of aromatic nitrogens is 1. The van der Waals surface area contributed by atoms with Crippen molar-refractivity contribution in [3.8, 4) is 5.75 Å². The predicted octanol–water partition coefficient (Wildman–Crippen LogP) is 3.38. The summed E-state index contributed by atoms with van der Waals surface area (Å²) in [6, 6.07) is 18.6. The second-order valence-corrected chi connectivity index (χ2v) is 7.62. The average Bonchev–Trinajstić information content (AvgIpc) is 2.78. The Hall–Kier alpha value is -3.41. The predicted molar refractivity (Wildman–Crippen MR) is 115 cm³/mol. The van der Waals surface area contributed by atoms with Crippen molar-refractivity contribution in [2.75, 3.05) is 19.6 Å². The van der Waals surface area contributed by atoms with E-state index in [1.54, 1.807) is 13.1 Å². The van der Waals surface area contributed by atoms with Crippen LogP contribution in [0.1, 0.15) is 24.2 Å². The van der Waals surface area contributed by atoms with Gasteiger partial charge in [0.2, 0.25) is 0 Å². The maximum atomic E-state index is 13.0. The Morgan fingerprint density at radius 3 is 2.63 bits per heavy atom. The standard InChI is InChI=1S/C24H25N3O3/c1-17-16-26(24(29)19-7-4-3-5-8-19)13-14-27(17)23(28)18(2)30-21-10-11-22-20(15-21)9-6-12-25-22/h3-12,15,17-18H,13-14,16H2,1-2H3/t17-,18?/m1/s1. The van der Waals surface area contributed by atoms with Crippen LogP contribution in [0, 0.1) is 0 Å². The van der Waals surface area contributed by atoms with Crippen LogP contribution in [0.3, 0.4) is 0 Å². The van der Waals surface area contributed by atoms with Crippen LogP contribution in [0.4, 0.5) is 0 Å². The van der Waals surface area contributed by atoms with Crippen molar-refractivity contribution < 1.29 is 14.3 Å². The van der Waals surface area contributed by atoms with Crippen molar-refractivity contribution in [1.82, 2.24) is 14.8 Å². The molecule has 2 aromatic carbocycles. The molecule has 2 atom stereocenters. The summed E-state index contributed by atoms with van der Waals surface area (Å²) in [6.07, 6.45) is 1.14. The molecule has 1 aliphatic heterocycles. The Bertz CT molecular complexity index is 1050. The van der Waals surface area contributed by atoms with Gasteiger partial charge < -0.3 is 14.5 Å². The minimum absolute atomic E-state index is 0.00335. The van der Waals surface area contributed by atoms with Crippen LogP contribution in [0.25, 0.3) is 10.9 Å². The largest absolute Gasteiger partial charge is 0.481 e. The molecule has 1 aliphatic rings. The van der Waals surface area contributed by atoms with Gasteiger partial charge in [-0.3, -0.25) is 14.6 Å². The van der Waals surface area contributed by atoms with Crippen LogP contribution in [-0.4, -0.2) is 58.4 Å². The average molecular weight is 403 g/mol. The molecule has 0 bridgehead atoms. The van der Waals surface area contributed by atoms with Gasteiger partial charge >= 0.3 is 0 Å². The van der Waals surface area contributed by atoms with E-state index in [-0.39, 0.29) is 17.9 Å². The van der Waals surface area contributed by atoms with Crippen LogP contribution in [-0.2, 0) is 4.79 Å². The van der Waals surface area contributed by atoms with Crippen molar-refractivity contribution in [2.45, 2.75) is 26.0 Å². The Morgan fingerprint density at radius 1 is 1.07 bits per heavy atom. The van der Waals surface area contributed by atoms with Crippen LogP contribution in [0.2, 0.25) is 0 Å². The highest BCUT2D eigenvalue weighted by Gasteiger charge is 2.32. The number of carbonyl (C=O) groups excluding carboxylic acids is 2.